The second-order valence-corrected chi connectivity index (χ2v) is 2.64. The number of likely N-dealkylation sites (N-methyl/N-ethyl adjacent to an activating group) is 2. The first-order chi connectivity index (χ1) is 5.63. The van der Waals surface area contributed by atoms with Crippen molar-refractivity contribution >= 4 is 6.03 Å². The molecule has 1 aliphatic heterocycles. The van der Waals surface area contributed by atoms with Gasteiger partial charge in [-0.3, -0.25) is 0 Å². The molecule has 0 aromatic rings. The molecule has 0 saturated carbocycles. The van der Waals surface area contributed by atoms with Gasteiger partial charge < -0.3 is 9.80 Å². The monoisotopic (exact) mass is 169 g/mol. The van der Waals surface area contributed by atoms with Crippen molar-refractivity contribution in [3.63, 3.8) is 0 Å². The van der Waals surface area contributed by atoms with Crippen LogP contribution in [0.3, 0.4) is 0 Å². The highest BCUT2D eigenvalue weighted by molar-refractivity contribution is 5.75. The fourth-order valence-electron chi connectivity index (χ4n) is 0.783. The number of hydrogen-bond donors (Lipinski definition) is 0. The number of hydrogen-bond acceptors (Lipinski definition) is 2. The lowest BCUT2D eigenvalue weighted by atomic mass is 10.6. The van der Waals surface area contributed by atoms with Crippen LogP contribution in [-0.4, -0.2) is 43.0 Å². The molecule has 1 rings (SSSR count). The summed E-state index contributed by atoms with van der Waals surface area (Å²) in [5.74, 6) is 0. The summed E-state index contributed by atoms with van der Waals surface area (Å²) in [6.07, 6.45) is 0.625. The van der Waals surface area contributed by atoms with E-state index in [0.717, 1.165) is 13.1 Å². The molecule has 1 heterocycles. The van der Waals surface area contributed by atoms with Crippen molar-refractivity contribution in [3.05, 3.63) is 0 Å². The van der Waals surface area contributed by atoms with Gasteiger partial charge in [-0.1, -0.05) is 6.92 Å². The van der Waals surface area contributed by atoms with E-state index in [1.165, 1.54) is 0 Å². The average molecular weight is 169 g/mol. The Morgan fingerprint density at radius 1 is 1.42 bits per heavy atom. The SMILES string of the molecule is CCC#N.CN1CCN(C)C1=O. The normalized spacial score (nSPS) is 15.3. The smallest absolute Gasteiger partial charge is 0.319 e. The highest BCUT2D eigenvalue weighted by Crippen LogP contribution is 2.00. The maximum Gasteiger partial charge on any atom is 0.319 e. The summed E-state index contributed by atoms with van der Waals surface area (Å²) < 4.78 is 0. The Kier molecular flexibility index (Phi) is 4.86. The largest absolute Gasteiger partial charge is 0.326 e. The van der Waals surface area contributed by atoms with E-state index in [-0.39, 0.29) is 6.03 Å². The van der Waals surface area contributed by atoms with E-state index in [2.05, 4.69) is 0 Å². The quantitative estimate of drug-likeness (QED) is 0.541. The zero-order valence-corrected chi connectivity index (χ0v) is 7.87. The standard InChI is InChI=1S/C5H10N2O.C3H5N/c1-6-3-4-7(2)5(6)8;1-2-3-4/h3-4H2,1-2H3;2H2,1H3. The summed E-state index contributed by atoms with van der Waals surface area (Å²) in [5, 5.41) is 7.62. The van der Waals surface area contributed by atoms with Crippen LogP contribution in [0.1, 0.15) is 13.3 Å². The van der Waals surface area contributed by atoms with Gasteiger partial charge in [0.2, 0.25) is 0 Å². The van der Waals surface area contributed by atoms with Gasteiger partial charge >= 0.3 is 6.03 Å². The molecule has 1 saturated heterocycles. The van der Waals surface area contributed by atoms with E-state index < -0.39 is 0 Å². The van der Waals surface area contributed by atoms with E-state index in [1.54, 1.807) is 9.80 Å². The lowest BCUT2D eigenvalue weighted by Crippen LogP contribution is -2.25. The lowest BCUT2D eigenvalue weighted by molar-refractivity contribution is 0.205. The van der Waals surface area contributed by atoms with Crippen LogP contribution in [0.15, 0.2) is 0 Å². The Balaban J connectivity index is 0.000000261. The molecule has 0 atom stereocenters. The highest BCUT2D eigenvalue weighted by Gasteiger charge is 2.20. The van der Waals surface area contributed by atoms with E-state index in [1.807, 2.05) is 27.1 Å². The summed E-state index contributed by atoms with van der Waals surface area (Å²) in [6, 6.07) is 2.06. The fourth-order valence-corrected chi connectivity index (χ4v) is 0.783. The van der Waals surface area contributed by atoms with Crippen molar-refractivity contribution in [2.45, 2.75) is 13.3 Å². The van der Waals surface area contributed by atoms with Gasteiger partial charge in [0.15, 0.2) is 0 Å². The van der Waals surface area contributed by atoms with Crippen LogP contribution in [0.5, 0.6) is 0 Å². The van der Waals surface area contributed by atoms with Gasteiger partial charge in [0.1, 0.15) is 0 Å². The van der Waals surface area contributed by atoms with Crippen LogP contribution in [0.2, 0.25) is 0 Å². The number of carbonyl (C=O) groups excluding carboxylic acids is 1. The van der Waals surface area contributed by atoms with Crippen LogP contribution in [0.25, 0.3) is 0 Å². The lowest BCUT2D eigenvalue weighted by Gasteiger charge is -2.07. The van der Waals surface area contributed by atoms with Gasteiger partial charge in [0.05, 0.1) is 6.07 Å². The molecule has 0 radical (unpaired) electrons. The molecular formula is C8H15N3O. The molecule has 0 unspecified atom stereocenters. The van der Waals surface area contributed by atoms with Crippen LogP contribution in [-0.2, 0) is 0 Å². The van der Waals surface area contributed by atoms with Gasteiger partial charge in [0.25, 0.3) is 0 Å². The Morgan fingerprint density at radius 2 is 1.75 bits per heavy atom. The zero-order valence-electron chi connectivity index (χ0n) is 7.87. The molecule has 0 aromatic heterocycles. The molecule has 4 heteroatoms. The van der Waals surface area contributed by atoms with Crippen molar-refractivity contribution in [3.8, 4) is 6.07 Å². The number of nitriles is 1. The molecule has 4 nitrogen and oxygen atoms in total. The maximum atomic E-state index is 10.8. The number of carbonyl (C=O) groups is 1. The Morgan fingerprint density at radius 3 is 1.83 bits per heavy atom. The topological polar surface area (TPSA) is 47.3 Å². The Labute approximate surface area is 73.4 Å². The van der Waals surface area contributed by atoms with E-state index in [4.69, 9.17) is 5.26 Å². The van der Waals surface area contributed by atoms with E-state index in [0.29, 0.717) is 6.42 Å². The van der Waals surface area contributed by atoms with Gasteiger partial charge in [-0.25, -0.2) is 4.79 Å². The van der Waals surface area contributed by atoms with E-state index in [9.17, 15) is 4.79 Å². The third kappa shape index (κ3) is 3.24. The van der Waals surface area contributed by atoms with Crippen molar-refractivity contribution in [2.24, 2.45) is 0 Å². The highest BCUT2D eigenvalue weighted by atomic mass is 16.2. The molecule has 0 aliphatic carbocycles. The zero-order chi connectivity index (χ0) is 9.56. The first-order valence-corrected chi connectivity index (χ1v) is 3.96. The second kappa shape index (κ2) is 5.42. The van der Waals surface area contributed by atoms with Crippen LogP contribution in [0.4, 0.5) is 4.79 Å². The summed E-state index contributed by atoms with van der Waals surface area (Å²) in [5.41, 5.74) is 0. The van der Waals surface area contributed by atoms with Crippen LogP contribution >= 0.6 is 0 Å². The first-order valence-electron chi connectivity index (χ1n) is 3.96. The number of rotatable bonds is 0. The average Bonchev–Trinajstić information content (AvgIpc) is 2.37. The minimum atomic E-state index is 0.130. The summed E-state index contributed by atoms with van der Waals surface area (Å²) >= 11 is 0. The molecule has 0 N–H and O–H groups in total. The third-order valence-electron chi connectivity index (χ3n) is 1.58. The Bertz CT molecular complexity index is 173. The molecular weight excluding hydrogens is 154 g/mol. The fraction of sp³-hybridized carbons (Fsp3) is 0.750. The van der Waals surface area contributed by atoms with Gasteiger partial charge in [0, 0.05) is 33.6 Å². The third-order valence-corrected chi connectivity index (χ3v) is 1.58. The maximum absolute atomic E-state index is 10.8. The number of urea groups is 1. The molecule has 2 amide bonds. The van der Waals surface area contributed by atoms with Crippen molar-refractivity contribution in [1.82, 2.24) is 9.80 Å². The number of amides is 2. The van der Waals surface area contributed by atoms with Crippen molar-refractivity contribution in [2.75, 3.05) is 27.2 Å². The van der Waals surface area contributed by atoms with Gasteiger partial charge in [-0.05, 0) is 0 Å². The minimum absolute atomic E-state index is 0.130. The summed E-state index contributed by atoms with van der Waals surface area (Å²) in [7, 11) is 3.62. The molecule has 1 aliphatic rings. The summed E-state index contributed by atoms with van der Waals surface area (Å²) in [4.78, 5) is 14.2. The van der Waals surface area contributed by atoms with Crippen LogP contribution < -0.4 is 0 Å². The van der Waals surface area contributed by atoms with Crippen molar-refractivity contribution < 1.29 is 4.79 Å². The predicted octanol–water partition coefficient (Wildman–Crippen LogP) is 0.904. The van der Waals surface area contributed by atoms with Gasteiger partial charge in [-0.15, -0.1) is 0 Å². The molecule has 0 aromatic carbocycles. The molecule has 0 bridgehead atoms. The summed E-state index contributed by atoms with van der Waals surface area (Å²) in [6.45, 7) is 3.56. The van der Waals surface area contributed by atoms with Crippen LogP contribution in [0, 0.1) is 11.3 Å². The Hall–Kier alpha value is -1.24. The predicted molar refractivity (Wildman–Crippen MR) is 46.6 cm³/mol. The van der Waals surface area contributed by atoms with Crippen molar-refractivity contribution in [1.29, 1.82) is 5.26 Å². The molecule has 1 fully saturated rings. The molecule has 68 valence electrons. The minimum Gasteiger partial charge on any atom is -0.326 e. The first kappa shape index (κ1) is 10.8. The molecule has 0 spiro atoms. The molecule has 12 heavy (non-hydrogen) atoms. The number of nitrogens with zero attached hydrogens (tertiary/aromatic N) is 3. The van der Waals surface area contributed by atoms with E-state index >= 15 is 0 Å². The second-order valence-electron chi connectivity index (χ2n) is 2.64. The van der Waals surface area contributed by atoms with Gasteiger partial charge in [-0.2, -0.15) is 5.26 Å².